The fraction of sp³-hybridized carbons (Fsp3) is 0.333. The van der Waals surface area contributed by atoms with E-state index in [4.69, 9.17) is 10.5 Å². The molecule has 41 heavy (non-hydrogen) atoms. The van der Waals surface area contributed by atoms with Crippen molar-refractivity contribution in [3.05, 3.63) is 71.3 Å². The van der Waals surface area contributed by atoms with E-state index in [1.165, 1.54) is 18.2 Å². The summed E-state index contributed by atoms with van der Waals surface area (Å²) < 4.78 is 33.1. The molecule has 1 aliphatic carbocycles. The van der Waals surface area contributed by atoms with Crippen LogP contribution in [0.2, 0.25) is 0 Å². The Morgan fingerprint density at radius 2 is 1.85 bits per heavy atom. The standard InChI is InChI=1S/C27H25F2N7O5/c1-26(30)11-34(12-26)25-31-9-14(10-32-25)13-5-6-35-17(7-13)21-16-8-18(22(21)33-35)36(27(38,39)40)23(37)15-3-2-4-19(20(15)16)41-24(28)29/h2-7,9-10,16,18,24,38-40H,8,11-12,30H2,1H3. The van der Waals surface area contributed by atoms with Crippen molar-refractivity contribution in [3.63, 3.8) is 0 Å². The van der Waals surface area contributed by atoms with Crippen LogP contribution in [0.1, 0.15) is 52.5 Å². The van der Waals surface area contributed by atoms with E-state index in [1.54, 1.807) is 29.2 Å². The Labute approximate surface area is 231 Å². The smallest absolute Gasteiger partial charge is 0.387 e. The Morgan fingerprint density at radius 1 is 1.12 bits per heavy atom. The number of fused-ring (bicyclic) bond motifs is 9. The van der Waals surface area contributed by atoms with Gasteiger partial charge in [-0.1, -0.05) is 6.07 Å². The van der Waals surface area contributed by atoms with Crippen LogP contribution in [-0.4, -0.2) is 77.0 Å². The number of carbonyl (C=O) groups excluding carboxylic acids is 1. The second-order valence-electron chi connectivity index (χ2n) is 11.0. The van der Waals surface area contributed by atoms with Crippen LogP contribution in [0, 0.1) is 0 Å². The van der Waals surface area contributed by atoms with Crippen LogP contribution in [0.3, 0.4) is 0 Å². The molecule has 1 saturated heterocycles. The second-order valence-corrected chi connectivity index (χ2v) is 11.0. The summed E-state index contributed by atoms with van der Waals surface area (Å²) in [6.45, 7) is 0.107. The molecule has 0 saturated carbocycles. The summed E-state index contributed by atoms with van der Waals surface area (Å²) in [6.07, 6.45) is 1.60. The van der Waals surface area contributed by atoms with Gasteiger partial charge in [0, 0.05) is 65.4 Å². The van der Waals surface area contributed by atoms with Gasteiger partial charge in [0.2, 0.25) is 5.95 Å². The average Bonchev–Trinajstić information content (AvgIpc) is 3.39. The lowest BCUT2D eigenvalue weighted by Crippen LogP contribution is -2.66. The van der Waals surface area contributed by atoms with Crippen molar-refractivity contribution in [2.45, 2.75) is 43.6 Å². The van der Waals surface area contributed by atoms with Gasteiger partial charge in [0.25, 0.3) is 5.91 Å². The molecule has 5 N–H and O–H groups in total. The zero-order valence-corrected chi connectivity index (χ0v) is 21.6. The van der Waals surface area contributed by atoms with E-state index >= 15 is 0 Å². The van der Waals surface area contributed by atoms with E-state index in [0.29, 0.717) is 40.7 Å². The zero-order valence-electron chi connectivity index (χ0n) is 21.6. The maximum atomic E-state index is 13.5. The van der Waals surface area contributed by atoms with Crippen molar-refractivity contribution in [1.29, 1.82) is 0 Å². The fourth-order valence-corrected chi connectivity index (χ4v) is 6.31. The maximum Gasteiger partial charge on any atom is 0.387 e. The number of alkyl halides is 2. The fourth-order valence-electron chi connectivity index (χ4n) is 6.31. The van der Waals surface area contributed by atoms with Crippen molar-refractivity contribution in [1.82, 2.24) is 24.5 Å². The number of hydrogen-bond acceptors (Lipinski definition) is 10. The number of nitrogens with two attached hydrogens (primary N) is 1. The molecule has 3 aromatic heterocycles. The van der Waals surface area contributed by atoms with Gasteiger partial charge in [-0.15, -0.1) is 0 Å². The molecule has 7 rings (SSSR count). The molecule has 4 aromatic rings. The predicted molar refractivity (Wildman–Crippen MR) is 139 cm³/mol. The SMILES string of the molecule is CC1(N)CN(c2ncc(-c3ccn4nc5c(c4c3)C3CC5N(C(O)(O)O)C(=O)c4cccc(OC(F)F)c43)cn2)C1. The van der Waals surface area contributed by atoms with Gasteiger partial charge in [0.05, 0.1) is 17.3 Å². The van der Waals surface area contributed by atoms with Crippen molar-refractivity contribution in [3.8, 4) is 16.9 Å². The van der Waals surface area contributed by atoms with E-state index in [9.17, 15) is 28.9 Å². The lowest BCUT2D eigenvalue weighted by molar-refractivity contribution is -0.385. The molecule has 5 heterocycles. The van der Waals surface area contributed by atoms with Gasteiger partial charge in [-0.25, -0.2) is 14.5 Å². The minimum atomic E-state index is -3.53. The molecular weight excluding hydrogens is 540 g/mol. The highest BCUT2D eigenvalue weighted by molar-refractivity contribution is 5.98. The third-order valence-corrected chi connectivity index (χ3v) is 7.90. The quantitative estimate of drug-likeness (QED) is 0.261. The van der Waals surface area contributed by atoms with Crippen LogP contribution < -0.4 is 15.4 Å². The number of anilines is 1. The number of carbonyl (C=O) groups is 1. The molecule has 2 unspecified atom stereocenters. The molecule has 2 bridgehead atoms. The van der Waals surface area contributed by atoms with Gasteiger partial charge >= 0.3 is 12.7 Å². The van der Waals surface area contributed by atoms with Crippen LogP contribution in [-0.2, 0) is 0 Å². The summed E-state index contributed by atoms with van der Waals surface area (Å²) in [4.78, 5) is 24.9. The molecule has 1 amide bonds. The zero-order chi connectivity index (χ0) is 28.8. The highest BCUT2D eigenvalue weighted by atomic mass is 19.3. The van der Waals surface area contributed by atoms with Crippen LogP contribution in [0.15, 0.2) is 48.9 Å². The summed E-state index contributed by atoms with van der Waals surface area (Å²) in [5.41, 5.74) is 8.85. The number of aliphatic hydroxyl groups is 3. The molecule has 1 aromatic carbocycles. The van der Waals surface area contributed by atoms with Crippen molar-refractivity contribution < 1.29 is 33.6 Å². The molecule has 2 aliphatic heterocycles. The Bertz CT molecular complexity index is 1690. The van der Waals surface area contributed by atoms with Crippen LogP contribution in [0.4, 0.5) is 14.7 Å². The number of nitrogens with zero attached hydrogens (tertiary/aromatic N) is 6. The first-order chi connectivity index (χ1) is 19.4. The minimum Gasteiger partial charge on any atom is -0.434 e. The van der Waals surface area contributed by atoms with E-state index in [1.807, 2.05) is 17.9 Å². The van der Waals surface area contributed by atoms with Crippen LogP contribution in [0.25, 0.3) is 16.6 Å². The Hall–Kier alpha value is -4.24. The normalized spacial score (nSPS) is 21.1. The topological polar surface area (TPSA) is 163 Å². The maximum absolute atomic E-state index is 13.5. The summed E-state index contributed by atoms with van der Waals surface area (Å²) in [5.74, 6) is -1.29. The molecule has 3 aliphatic rings. The van der Waals surface area contributed by atoms with E-state index in [2.05, 4.69) is 15.1 Å². The van der Waals surface area contributed by atoms with Gasteiger partial charge in [-0.2, -0.15) is 13.9 Å². The third kappa shape index (κ3) is 4.01. The van der Waals surface area contributed by atoms with Gasteiger partial charge in [-0.3, -0.25) is 9.69 Å². The van der Waals surface area contributed by atoms with Gasteiger partial charge < -0.3 is 30.7 Å². The number of aromatic nitrogens is 4. The highest BCUT2D eigenvalue weighted by Crippen LogP contribution is 2.54. The number of benzene rings is 1. The number of halogens is 2. The van der Waals surface area contributed by atoms with Crippen molar-refractivity contribution in [2.24, 2.45) is 5.73 Å². The molecule has 2 atom stereocenters. The molecule has 1 fully saturated rings. The number of amides is 1. The molecule has 0 spiro atoms. The van der Waals surface area contributed by atoms with Crippen LogP contribution >= 0.6 is 0 Å². The minimum absolute atomic E-state index is 0.0535. The molecule has 14 heteroatoms. The predicted octanol–water partition coefficient (Wildman–Crippen LogP) is 1.55. The number of pyridine rings is 1. The average molecular weight is 566 g/mol. The first kappa shape index (κ1) is 25.7. The molecule has 12 nitrogen and oxygen atoms in total. The summed E-state index contributed by atoms with van der Waals surface area (Å²) in [6, 6.07) is 6.63. The Kier molecular flexibility index (Phi) is 5.41. The lowest BCUT2D eigenvalue weighted by Gasteiger charge is -2.45. The van der Waals surface area contributed by atoms with Gasteiger partial charge in [0.1, 0.15) is 5.75 Å². The lowest BCUT2D eigenvalue weighted by atomic mass is 9.88. The van der Waals surface area contributed by atoms with E-state index in [0.717, 1.165) is 11.1 Å². The largest absolute Gasteiger partial charge is 0.434 e. The first-order valence-electron chi connectivity index (χ1n) is 12.9. The first-order valence-corrected chi connectivity index (χ1v) is 12.9. The van der Waals surface area contributed by atoms with E-state index in [-0.39, 0.29) is 28.8 Å². The third-order valence-electron chi connectivity index (χ3n) is 7.90. The summed E-state index contributed by atoms with van der Waals surface area (Å²) in [7, 11) is 0. The summed E-state index contributed by atoms with van der Waals surface area (Å²) in [5, 5.41) is 35.2. The Balaban J connectivity index is 1.36. The highest BCUT2D eigenvalue weighted by Gasteiger charge is 2.52. The summed E-state index contributed by atoms with van der Waals surface area (Å²) >= 11 is 0. The Morgan fingerprint density at radius 3 is 2.51 bits per heavy atom. The number of hydrogen-bond donors (Lipinski definition) is 4. The van der Waals surface area contributed by atoms with Crippen molar-refractivity contribution in [2.75, 3.05) is 18.0 Å². The van der Waals surface area contributed by atoms with E-state index < -0.39 is 30.6 Å². The molecule has 0 radical (unpaired) electrons. The molecule has 212 valence electrons. The van der Waals surface area contributed by atoms with Gasteiger partial charge in [-0.05, 0) is 43.2 Å². The second kappa shape index (κ2) is 8.63. The van der Waals surface area contributed by atoms with Crippen LogP contribution in [0.5, 0.6) is 5.75 Å². The van der Waals surface area contributed by atoms with Gasteiger partial charge in [0.15, 0.2) is 0 Å². The van der Waals surface area contributed by atoms with Crippen molar-refractivity contribution >= 4 is 17.4 Å². The number of ether oxygens (including phenoxy) is 1. The molecular formula is C27H25F2N7O5. The monoisotopic (exact) mass is 565 g/mol. The number of rotatable bonds is 5.